The average Bonchev–Trinajstić information content (AvgIpc) is 2.30. The molecule has 2 nitrogen and oxygen atoms in total. The quantitative estimate of drug-likeness (QED) is 0.758. The van der Waals surface area contributed by atoms with Crippen LogP contribution in [0.25, 0.3) is 0 Å². The molecule has 4 heteroatoms. The van der Waals surface area contributed by atoms with Crippen molar-refractivity contribution < 1.29 is 4.39 Å². The summed E-state index contributed by atoms with van der Waals surface area (Å²) >= 11 is 5.94. The lowest BCUT2D eigenvalue weighted by Crippen LogP contribution is -2.40. The van der Waals surface area contributed by atoms with Crippen LogP contribution in [-0.4, -0.2) is 28.4 Å². The second-order valence-corrected chi connectivity index (χ2v) is 4.59. The number of likely N-dealkylation sites (tertiary alicyclic amines) is 1. The fourth-order valence-corrected chi connectivity index (χ4v) is 2.57. The molecule has 0 N–H and O–H groups in total. The molecule has 1 aliphatic heterocycles. The highest BCUT2D eigenvalue weighted by molar-refractivity contribution is 6.18. The number of halogens is 2. The first-order valence-electron chi connectivity index (χ1n) is 5.69. The molecule has 1 saturated heterocycles. The molecule has 0 aromatic carbocycles. The number of hydrogen-bond acceptors (Lipinski definition) is 2. The zero-order chi connectivity index (χ0) is 11.4. The van der Waals surface area contributed by atoms with Gasteiger partial charge < -0.3 is 0 Å². The van der Waals surface area contributed by atoms with Gasteiger partial charge in [-0.05, 0) is 31.0 Å². The van der Waals surface area contributed by atoms with Crippen LogP contribution in [0.4, 0.5) is 4.39 Å². The van der Waals surface area contributed by atoms with Crippen LogP contribution in [0.2, 0.25) is 0 Å². The van der Waals surface area contributed by atoms with Gasteiger partial charge in [-0.25, -0.2) is 4.39 Å². The Kier molecular flexibility index (Phi) is 4.13. The van der Waals surface area contributed by atoms with Crippen molar-refractivity contribution in [2.24, 2.45) is 0 Å². The smallest absolute Gasteiger partial charge is 0.141 e. The monoisotopic (exact) mass is 242 g/mol. The van der Waals surface area contributed by atoms with Crippen molar-refractivity contribution in [3.8, 4) is 0 Å². The van der Waals surface area contributed by atoms with Crippen molar-refractivity contribution in [3.05, 3.63) is 29.8 Å². The molecule has 0 saturated carbocycles. The van der Waals surface area contributed by atoms with E-state index in [0.717, 1.165) is 25.1 Å². The van der Waals surface area contributed by atoms with Gasteiger partial charge in [-0.2, -0.15) is 0 Å². The van der Waals surface area contributed by atoms with Crippen molar-refractivity contribution in [2.75, 3.05) is 12.4 Å². The molecule has 2 rings (SSSR count). The summed E-state index contributed by atoms with van der Waals surface area (Å²) in [7, 11) is 0. The molecule has 2 heterocycles. The zero-order valence-electron chi connectivity index (χ0n) is 9.20. The van der Waals surface area contributed by atoms with Gasteiger partial charge in [0.25, 0.3) is 0 Å². The second-order valence-electron chi connectivity index (χ2n) is 4.29. The third-order valence-corrected chi connectivity index (χ3v) is 3.43. The third kappa shape index (κ3) is 2.92. The first-order chi connectivity index (χ1) is 7.79. The molecule has 1 aliphatic rings. The van der Waals surface area contributed by atoms with Crippen molar-refractivity contribution in [3.63, 3.8) is 0 Å². The van der Waals surface area contributed by atoms with Crippen molar-refractivity contribution in [1.82, 2.24) is 9.88 Å². The van der Waals surface area contributed by atoms with Crippen LogP contribution in [0.5, 0.6) is 0 Å². The SMILES string of the molecule is Fc1cncc(CN2CCCCC2CCl)c1. The first-order valence-corrected chi connectivity index (χ1v) is 6.22. The van der Waals surface area contributed by atoms with E-state index >= 15 is 0 Å². The Morgan fingerprint density at radius 1 is 1.44 bits per heavy atom. The Labute approximate surface area is 100 Å². The van der Waals surface area contributed by atoms with E-state index in [1.807, 2.05) is 0 Å². The van der Waals surface area contributed by atoms with Gasteiger partial charge in [-0.15, -0.1) is 11.6 Å². The maximum absolute atomic E-state index is 13.0. The lowest BCUT2D eigenvalue weighted by molar-refractivity contribution is 0.154. The van der Waals surface area contributed by atoms with E-state index in [-0.39, 0.29) is 5.82 Å². The Bertz CT molecular complexity index is 346. The molecule has 0 amide bonds. The summed E-state index contributed by atoms with van der Waals surface area (Å²) in [6, 6.07) is 1.98. The first kappa shape index (κ1) is 11.8. The minimum absolute atomic E-state index is 0.267. The van der Waals surface area contributed by atoms with Gasteiger partial charge in [0.1, 0.15) is 5.82 Å². The number of hydrogen-bond donors (Lipinski definition) is 0. The summed E-state index contributed by atoms with van der Waals surface area (Å²) in [5.41, 5.74) is 0.928. The van der Waals surface area contributed by atoms with E-state index < -0.39 is 0 Å². The molecule has 0 spiro atoms. The van der Waals surface area contributed by atoms with Crippen LogP contribution in [-0.2, 0) is 6.54 Å². The summed E-state index contributed by atoms with van der Waals surface area (Å²) in [4.78, 5) is 6.19. The Balaban J connectivity index is 2.02. The topological polar surface area (TPSA) is 16.1 Å². The molecule has 1 aromatic heterocycles. The molecule has 1 aromatic rings. The fraction of sp³-hybridized carbons (Fsp3) is 0.583. The maximum atomic E-state index is 13.0. The molecule has 0 radical (unpaired) electrons. The largest absolute Gasteiger partial charge is 0.295 e. The molecular formula is C12H16ClFN2. The van der Waals surface area contributed by atoms with E-state index in [1.54, 1.807) is 12.3 Å². The summed E-state index contributed by atoms with van der Waals surface area (Å²) in [5.74, 6) is 0.389. The minimum Gasteiger partial charge on any atom is -0.295 e. The molecule has 0 aliphatic carbocycles. The number of piperidine rings is 1. The highest BCUT2D eigenvalue weighted by Crippen LogP contribution is 2.20. The lowest BCUT2D eigenvalue weighted by atomic mass is 10.0. The number of aromatic nitrogens is 1. The van der Waals surface area contributed by atoms with Gasteiger partial charge in [-0.1, -0.05) is 6.42 Å². The summed E-state index contributed by atoms with van der Waals surface area (Å²) in [6.07, 6.45) is 6.55. The van der Waals surface area contributed by atoms with E-state index in [2.05, 4.69) is 9.88 Å². The van der Waals surface area contributed by atoms with Gasteiger partial charge in [0.15, 0.2) is 0 Å². The van der Waals surface area contributed by atoms with Crippen LogP contribution >= 0.6 is 11.6 Å². The molecule has 1 unspecified atom stereocenters. The molecule has 88 valence electrons. The van der Waals surface area contributed by atoms with Crippen molar-refractivity contribution >= 4 is 11.6 Å². The van der Waals surface area contributed by atoms with Gasteiger partial charge in [0.05, 0.1) is 6.20 Å². The standard InChI is InChI=1S/C12H16ClFN2/c13-6-12-3-1-2-4-16(12)9-10-5-11(14)8-15-7-10/h5,7-8,12H,1-4,6,9H2. The van der Waals surface area contributed by atoms with Crippen LogP contribution in [0.15, 0.2) is 18.5 Å². The third-order valence-electron chi connectivity index (χ3n) is 3.07. The van der Waals surface area contributed by atoms with E-state index in [9.17, 15) is 4.39 Å². The second kappa shape index (κ2) is 5.60. The van der Waals surface area contributed by atoms with Crippen LogP contribution in [0.3, 0.4) is 0 Å². The number of alkyl halides is 1. The number of nitrogens with zero attached hydrogens (tertiary/aromatic N) is 2. The fourth-order valence-electron chi connectivity index (χ4n) is 2.22. The lowest BCUT2D eigenvalue weighted by Gasteiger charge is -2.34. The van der Waals surface area contributed by atoms with Crippen LogP contribution < -0.4 is 0 Å². The Morgan fingerprint density at radius 2 is 2.31 bits per heavy atom. The van der Waals surface area contributed by atoms with E-state index in [0.29, 0.717) is 11.9 Å². The van der Waals surface area contributed by atoms with Crippen molar-refractivity contribution in [2.45, 2.75) is 31.8 Å². The summed E-state index contributed by atoms with van der Waals surface area (Å²) in [5, 5.41) is 0. The predicted molar refractivity (Wildman–Crippen MR) is 63.0 cm³/mol. The molecule has 1 fully saturated rings. The Morgan fingerprint density at radius 3 is 3.06 bits per heavy atom. The molecule has 1 atom stereocenters. The van der Waals surface area contributed by atoms with Crippen molar-refractivity contribution in [1.29, 1.82) is 0 Å². The highest BCUT2D eigenvalue weighted by atomic mass is 35.5. The highest BCUT2D eigenvalue weighted by Gasteiger charge is 2.21. The van der Waals surface area contributed by atoms with Gasteiger partial charge in [0.2, 0.25) is 0 Å². The van der Waals surface area contributed by atoms with Gasteiger partial charge >= 0.3 is 0 Å². The number of pyridine rings is 1. The number of rotatable bonds is 3. The van der Waals surface area contributed by atoms with Crippen LogP contribution in [0, 0.1) is 5.82 Å². The molecule has 16 heavy (non-hydrogen) atoms. The average molecular weight is 243 g/mol. The summed E-state index contributed by atoms with van der Waals surface area (Å²) < 4.78 is 13.0. The van der Waals surface area contributed by atoms with Gasteiger partial charge in [0, 0.05) is 24.7 Å². The molecular weight excluding hydrogens is 227 g/mol. The van der Waals surface area contributed by atoms with E-state index in [1.165, 1.54) is 19.0 Å². The minimum atomic E-state index is -0.267. The van der Waals surface area contributed by atoms with Crippen LogP contribution in [0.1, 0.15) is 24.8 Å². The maximum Gasteiger partial charge on any atom is 0.141 e. The zero-order valence-corrected chi connectivity index (χ0v) is 9.96. The Hall–Kier alpha value is -0.670. The van der Waals surface area contributed by atoms with Gasteiger partial charge in [-0.3, -0.25) is 9.88 Å². The predicted octanol–water partition coefficient (Wildman–Crippen LogP) is 2.81. The normalized spacial score (nSPS) is 22.2. The summed E-state index contributed by atoms with van der Waals surface area (Å²) in [6.45, 7) is 1.80. The molecule has 0 bridgehead atoms. The van der Waals surface area contributed by atoms with E-state index in [4.69, 9.17) is 11.6 Å².